The predicted octanol–water partition coefficient (Wildman–Crippen LogP) is 1.80. The molecule has 124 valence electrons. The van der Waals surface area contributed by atoms with Crippen LogP contribution in [0.25, 0.3) is 0 Å². The van der Waals surface area contributed by atoms with Crippen LogP contribution in [0.1, 0.15) is 47.0 Å². The molecule has 1 rings (SSSR count). The first-order chi connectivity index (χ1) is 9.79. The zero-order valence-corrected chi connectivity index (χ0v) is 14.0. The molecule has 1 heterocycles. The zero-order valence-electron chi connectivity index (χ0n) is 14.0. The van der Waals surface area contributed by atoms with E-state index in [9.17, 15) is 9.90 Å². The molecular weight excluding hydrogens is 266 g/mol. The lowest BCUT2D eigenvalue weighted by Gasteiger charge is -2.38. The number of nitrogens with one attached hydrogen (secondary N) is 1. The Bertz CT molecular complexity index is 321. The summed E-state index contributed by atoms with van der Waals surface area (Å²) in [5.74, 6) is 1.24. The molecular formula is C16H33N3O2. The van der Waals surface area contributed by atoms with Crippen molar-refractivity contribution in [2.45, 2.75) is 59.1 Å². The van der Waals surface area contributed by atoms with Gasteiger partial charge in [0.15, 0.2) is 0 Å². The molecule has 3 atom stereocenters. The Morgan fingerprint density at radius 3 is 2.52 bits per heavy atom. The van der Waals surface area contributed by atoms with Gasteiger partial charge < -0.3 is 21.1 Å². The summed E-state index contributed by atoms with van der Waals surface area (Å²) in [7, 11) is 0. The third-order valence-electron chi connectivity index (χ3n) is 4.35. The lowest BCUT2D eigenvalue weighted by atomic mass is 9.87. The molecule has 0 radical (unpaired) electrons. The van der Waals surface area contributed by atoms with Crippen molar-refractivity contribution >= 4 is 6.03 Å². The molecule has 1 saturated heterocycles. The number of aliphatic hydroxyl groups is 1. The number of urea groups is 1. The van der Waals surface area contributed by atoms with Crippen molar-refractivity contribution in [1.29, 1.82) is 0 Å². The number of nitrogens with zero attached hydrogens (tertiary/aromatic N) is 1. The molecule has 0 aromatic rings. The van der Waals surface area contributed by atoms with Crippen LogP contribution in [0.3, 0.4) is 0 Å². The molecule has 0 aliphatic carbocycles. The van der Waals surface area contributed by atoms with Crippen molar-refractivity contribution in [3.8, 4) is 0 Å². The molecule has 1 aliphatic rings. The second-order valence-electron chi connectivity index (χ2n) is 7.23. The first-order valence-corrected chi connectivity index (χ1v) is 8.25. The van der Waals surface area contributed by atoms with E-state index in [1.165, 1.54) is 0 Å². The maximum absolute atomic E-state index is 11.5. The summed E-state index contributed by atoms with van der Waals surface area (Å²) in [6.45, 7) is 10.8. The van der Waals surface area contributed by atoms with Crippen molar-refractivity contribution in [3.05, 3.63) is 0 Å². The number of hydrogen-bond acceptors (Lipinski definition) is 3. The number of carbonyl (C=O) groups is 1. The third-order valence-corrected chi connectivity index (χ3v) is 4.35. The minimum Gasteiger partial charge on any atom is -0.393 e. The van der Waals surface area contributed by atoms with Gasteiger partial charge in [0.05, 0.1) is 6.10 Å². The Labute approximate surface area is 129 Å². The number of primary amides is 1. The summed E-state index contributed by atoms with van der Waals surface area (Å²) in [4.78, 5) is 13.2. The predicted molar refractivity (Wildman–Crippen MR) is 86.0 cm³/mol. The van der Waals surface area contributed by atoms with Gasteiger partial charge in [-0.25, -0.2) is 4.79 Å². The topological polar surface area (TPSA) is 78.6 Å². The van der Waals surface area contributed by atoms with E-state index in [1.807, 2.05) is 13.8 Å². The zero-order chi connectivity index (χ0) is 16.0. The van der Waals surface area contributed by atoms with Gasteiger partial charge >= 0.3 is 6.03 Å². The molecule has 0 aromatic heterocycles. The Balaban J connectivity index is 2.53. The standard InChI is InChI=1S/C16H33N3O2/c1-11(2)5-6-18-14-7-13(8-15(20)12(3)4)9-19(10-14)16(17)21/h11-15,18,20H,5-10H2,1-4H3,(H2,17,21). The van der Waals surface area contributed by atoms with E-state index in [4.69, 9.17) is 5.73 Å². The van der Waals surface area contributed by atoms with Crippen LogP contribution in [-0.4, -0.2) is 47.8 Å². The van der Waals surface area contributed by atoms with Gasteiger partial charge in [-0.15, -0.1) is 0 Å². The number of nitrogens with two attached hydrogens (primary N) is 1. The van der Waals surface area contributed by atoms with Crippen LogP contribution < -0.4 is 11.1 Å². The van der Waals surface area contributed by atoms with Crippen molar-refractivity contribution < 1.29 is 9.90 Å². The fourth-order valence-corrected chi connectivity index (χ4v) is 2.89. The highest BCUT2D eigenvalue weighted by atomic mass is 16.3. The lowest BCUT2D eigenvalue weighted by molar-refractivity contribution is 0.0702. The van der Waals surface area contributed by atoms with E-state index in [0.29, 0.717) is 24.9 Å². The maximum atomic E-state index is 11.5. The summed E-state index contributed by atoms with van der Waals surface area (Å²) in [6, 6.07) is -0.0660. The summed E-state index contributed by atoms with van der Waals surface area (Å²) < 4.78 is 0. The molecule has 0 spiro atoms. The molecule has 0 aromatic carbocycles. The number of aliphatic hydroxyl groups excluding tert-OH is 1. The highest BCUT2D eigenvalue weighted by molar-refractivity contribution is 5.72. The molecule has 0 saturated carbocycles. The van der Waals surface area contributed by atoms with Crippen LogP contribution in [0.5, 0.6) is 0 Å². The van der Waals surface area contributed by atoms with Gasteiger partial charge in [-0.1, -0.05) is 27.7 Å². The molecule has 21 heavy (non-hydrogen) atoms. The van der Waals surface area contributed by atoms with Crippen molar-refractivity contribution in [2.75, 3.05) is 19.6 Å². The van der Waals surface area contributed by atoms with Gasteiger partial charge in [-0.3, -0.25) is 0 Å². The molecule has 0 bridgehead atoms. The number of likely N-dealkylation sites (tertiary alicyclic amines) is 1. The van der Waals surface area contributed by atoms with Crippen LogP contribution in [0.15, 0.2) is 0 Å². The number of hydrogen-bond donors (Lipinski definition) is 3. The molecule has 3 unspecified atom stereocenters. The minimum absolute atomic E-state index is 0.251. The van der Waals surface area contributed by atoms with Crippen LogP contribution in [-0.2, 0) is 0 Å². The smallest absolute Gasteiger partial charge is 0.314 e. The fourth-order valence-electron chi connectivity index (χ4n) is 2.89. The number of amides is 2. The van der Waals surface area contributed by atoms with E-state index in [0.717, 1.165) is 25.8 Å². The van der Waals surface area contributed by atoms with Crippen molar-refractivity contribution in [2.24, 2.45) is 23.5 Å². The summed E-state index contributed by atoms with van der Waals surface area (Å²) in [5.41, 5.74) is 5.46. The highest BCUT2D eigenvalue weighted by Gasteiger charge is 2.30. The molecule has 5 nitrogen and oxygen atoms in total. The Kier molecular flexibility index (Phi) is 7.46. The van der Waals surface area contributed by atoms with E-state index >= 15 is 0 Å². The van der Waals surface area contributed by atoms with E-state index in [1.54, 1.807) is 4.90 Å². The molecule has 1 fully saturated rings. The average molecular weight is 299 g/mol. The Hall–Kier alpha value is -0.810. The first kappa shape index (κ1) is 18.2. The van der Waals surface area contributed by atoms with Crippen molar-refractivity contribution in [3.63, 3.8) is 0 Å². The number of rotatable bonds is 7. The Morgan fingerprint density at radius 1 is 1.33 bits per heavy atom. The fraction of sp³-hybridized carbons (Fsp3) is 0.938. The van der Waals surface area contributed by atoms with Crippen molar-refractivity contribution in [1.82, 2.24) is 10.2 Å². The summed E-state index contributed by atoms with van der Waals surface area (Å²) in [6.07, 6.45) is 2.57. The summed E-state index contributed by atoms with van der Waals surface area (Å²) in [5, 5.41) is 13.6. The molecule has 5 heteroatoms. The monoisotopic (exact) mass is 299 g/mol. The van der Waals surface area contributed by atoms with E-state index < -0.39 is 0 Å². The number of carbonyl (C=O) groups excluding carboxylic acids is 1. The Morgan fingerprint density at radius 2 is 2.00 bits per heavy atom. The van der Waals surface area contributed by atoms with Crippen LogP contribution in [0.2, 0.25) is 0 Å². The third kappa shape index (κ3) is 6.66. The van der Waals surface area contributed by atoms with Crippen LogP contribution in [0, 0.1) is 17.8 Å². The molecule has 2 amide bonds. The largest absolute Gasteiger partial charge is 0.393 e. The molecule has 1 aliphatic heterocycles. The molecule has 4 N–H and O–H groups in total. The van der Waals surface area contributed by atoms with Gasteiger partial charge in [0.25, 0.3) is 0 Å². The average Bonchev–Trinajstić information content (AvgIpc) is 2.37. The SMILES string of the molecule is CC(C)CCNC1CC(CC(O)C(C)C)CN(C(N)=O)C1. The maximum Gasteiger partial charge on any atom is 0.314 e. The van der Waals surface area contributed by atoms with Gasteiger partial charge in [0.1, 0.15) is 0 Å². The quantitative estimate of drug-likeness (QED) is 0.670. The van der Waals surface area contributed by atoms with Gasteiger partial charge in [0.2, 0.25) is 0 Å². The highest BCUT2D eigenvalue weighted by Crippen LogP contribution is 2.23. The van der Waals surface area contributed by atoms with E-state index in [-0.39, 0.29) is 24.1 Å². The lowest BCUT2D eigenvalue weighted by Crippen LogP contribution is -2.53. The van der Waals surface area contributed by atoms with Gasteiger partial charge in [0, 0.05) is 19.1 Å². The normalized spacial score (nSPS) is 24.6. The van der Waals surface area contributed by atoms with Crippen LogP contribution >= 0.6 is 0 Å². The van der Waals surface area contributed by atoms with Crippen LogP contribution in [0.4, 0.5) is 4.79 Å². The van der Waals surface area contributed by atoms with Gasteiger partial charge in [-0.2, -0.15) is 0 Å². The summed E-state index contributed by atoms with van der Waals surface area (Å²) >= 11 is 0. The first-order valence-electron chi connectivity index (χ1n) is 8.25. The number of piperidine rings is 1. The minimum atomic E-state index is -0.352. The van der Waals surface area contributed by atoms with Gasteiger partial charge in [-0.05, 0) is 43.6 Å². The van der Waals surface area contributed by atoms with E-state index in [2.05, 4.69) is 19.2 Å². The second-order valence-corrected chi connectivity index (χ2v) is 7.23. The second kappa shape index (κ2) is 8.59.